The minimum Gasteiger partial charge on any atom is -0.507 e. The minimum absolute atomic E-state index is 0.0781. The number of aromatic hydroxyl groups is 1. The lowest BCUT2D eigenvalue weighted by Crippen LogP contribution is -2.52. The number of rotatable bonds is 0. The molecule has 6 heterocycles. The van der Waals surface area contributed by atoms with Crippen molar-refractivity contribution in [3.05, 3.63) is 69.2 Å². The number of esters is 1. The Morgan fingerprint density at radius 2 is 1.82 bits per heavy atom. The summed E-state index contributed by atoms with van der Waals surface area (Å²) in [6, 6.07) is 8.93. The van der Waals surface area contributed by atoms with Gasteiger partial charge in [0.15, 0.2) is 11.0 Å². The Morgan fingerprint density at radius 3 is 2.63 bits per heavy atom. The average molecular weight is 731 g/mol. The number of carbonyl (C=O) groups excluding carboxylic acids is 1. The van der Waals surface area contributed by atoms with Gasteiger partial charge in [-0.05, 0) is 70.2 Å². The van der Waals surface area contributed by atoms with Gasteiger partial charge < -0.3 is 35.2 Å². The molecule has 2 fully saturated rings. The summed E-state index contributed by atoms with van der Waals surface area (Å²) in [4.78, 5) is 36.2. The van der Waals surface area contributed by atoms with Gasteiger partial charge in [-0.3, -0.25) is 4.79 Å². The van der Waals surface area contributed by atoms with Crippen molar-refractivity contribution in [3.8, 4) is 22.8 Å². The number of carbonyl (C=O) groups is 1. The van der Waals surface area contributed by atoms with Crippen LogP contribution in [0.4, 0.5) is 11.6 Å². The maximum Gasteiger partial charge on any atom is 0.341 e. The third-order valence-electron chi connectivity index (χ3n) is 11.1. The molecule has 2 bridgehead atoms. The Labute approximate surface area is 303 Å². The van der Waals surface area contributed by atoms with Crippen LogP contribution in [-0.2, 0) is 31.9 Å². The van der Waals surface area contributed by atoms with Crippen molar-refractivity contribution in [2.75, 3.05) is 17.2 Å². The van der Waals surface area contributed by atoms with Gasteiger partial charge in [0.25, 0.3) is 0 Å². The zero-order valence-electron chi connectivity index (χ0n) is 29.0. The summed E-state index contributed by atoms with van der Waals surface area (Å²) in [7, 11) is 3.56. The van der Waals surface area contributed by atoms with Gasteiger partial charge in [-0.2, -0.15) is 0 Å². The number of aryl methyl sites for hydroxylation is 2. The van der Waals surface area contributed by atoms with E-state index in [1.165, 1.54) is 6.07 Å². The molecule has 1 spiro atoms. The lowest BCUT2D eigenvalue weighted by molar-refractivity contribution is -0.168. The van der Waals surface area contributed by atoms with E-state index in [-0.39, 0.29) is 39.4 Å². The smallest absolute Gasteiger partial charge is 0.341 e. The fraction of sp³-hybridized carbons (Fsp3) is 0.474. The number of fused-ring (bicyclic) bond motifs is 9. The van der Waals surface area contributed by atoms with Crippen LogP contribution in [0, 0.1) is 6.92 Å². The second-order valence-corrected chi connectivity index (χ2v) is 17.5. The number of phenols is 1. The molecule has 11 nitrogen and oxygen atoms in total. The lowest BCUT2D eigenvalue weighted by Gasteiger charge is -2.42. The molecule has 0 unspecified atom stereocenters. The van der Waals surface area contributed by atoms with Gasteiger partial charge in [0.2, 0.25) is 0 Å². The Kier molecular flexibility index (Phi) is 8.46. The number of aromatic nitrogens is 2. The number of ether oxygens (including phenoxy) is 3. The van der Waals surface area contributed by atoms with Gasteiger partial charge in [0, 0.05) is 53.6 Å². The lowest BCUT2D eigenvalue weighted by atomic mass is 9.80. The number of nitrogen functional groups attached to an aromatic ring is 2. The quantitative estimate of drug-likeness (QED) is 0.0983. The number of anilines is 2. The second kappa shape index (κ2) is 12.6. The molecule has 3 aliphatic heterocycles. The summed E-state index contributed by atoms with van der Waals surface area (Å²) in [6.07, 6.45) is 7.65. The number of hydrogen-bond acceptors (Lipinski definition) is 13. The number of phenolic OH excluding ortho intramolecular Hbond substituents is 1. The summed E-state index contributed by atoms with van der Waals surface area (Å²) in [5.74, 6) is 1.71. The maximum atomic E-state index is 13.9. The Bertz CT molecular complexity index is 2120. The van der Waals surface area contributed by atoms with Crippen molar-refractivity contribution in [1.82, 2.24) is 9.97 Å². The highest BCUT2D eigenvalue weighted by atomic mass is 33.1. The van der Waals surface area contributed by atoms with Gasteiger partial charge in [0.05, 0.1) is 16.5 Å². The Hall–Kier alpha value is -3.94. The summed E-state index contributed by atoms with van der Waals surface area (Å²) in [5.41, 5.74) is 15.0. The molecular weight excluding hydrogens is 689 g/mol. The SMILES string of the molecule is Cc1cc(=O)c2c(O)c3c(cc2o1)O[C@@]1(C)CCSSC2(CCCCC2)c2c(ccnc2N)-c2cc(cc(N)n2)CC[C@H]2O[C@]2(C)C(=O)O[C@@H]1C3. The van der Waals surface area contributed by atoms with Crippen LogP contribution < -0.4 is 21.6 Å². The van der Waals surface area contributed by atoms with E-state index in [9.17, 15) is 14.7 Å². The summed E-state index contributed by atoms with van der Waals surface area (Å²) in [6.45, 7) is 5.38. The second-order valence-electron chi connectivity index (χ2n) is 14.7. The van der Waals surface area contributed by atoms with Crippen LogP contribution in [0.25, 0.3) is 22.2 Å². The summed E-state index contributed by atoms with van der Waals surface area (Å²) >= 11 is 0. The molecule has 1 saturated heterocycles. The highest BCUT2D eigenvalue weighted by Crippen LogP contribution is 2.57. The van der Waals surface area contributed by atoms with E-state index in [0.29, 0.717) is 53.7 Å². The molecule has 1 aromatic carbocycles. The van der Waals surface area contributed by atoms with E-state index in [0.717, 1.165) is 54.5 Å². The monoisotopic (exact) mass is 730 g/mol. The molecule has 4 atom stereocenters. The first-order valence-electron chi connectivity index (χ1n) is 17.6. The van der Waals surface area contributed by atoms with Crippen LogP contribution in [0.15, 0.2) is 45.7 Å². The molecule has 5 N–H and O–H groups in total. The molecule has 13 heteroatoms. The van der Waals surface area contributed by atoms with Crippen molar-refractivity contribution in [3.63, 3.8) is 0 Å². The first kappa shape index (κ1) is 34.2. The molecule has 4 aromatic rings. The molecule has 51 heavy (non-hydrogen) atoms. The number of benzene rings is 1. The van der Waals surface area contributed by atoms with E-state index in [2.05, 4.69) is 11.1 Å². The first-order valence-corrected chi connectivity index (χ1v) is 19.9. The number of pyridine rings is 2. The van der Waals surface area contributed by atoms with Crippen molar-refractivity contribution in [1.29, 1.82) is 0 Å². The average Bonchev–Trinajstić information content (AvgIpc) is 3.76. The van der Waals surface area contributed by atoms with Crippen molar-refractivity contribution in [2.45, 2.75) is 107 Å². The normalized spacial score (nSPS) is 27.5. The van der Waals surface area contributed by atoms with Gasteiger partial charge in [-0.15, -0.1) is 0 Å². The zero-order chi connectivity index (χ0) is 35.7. The van der Waals surface area contributed by atoms with Crippen LogP contribution in [0.3, 0.4) is 0 Å². The number of nitrogens with two attached hydrogens (primary N) is 2. The standard InChI is InChI=1S/C38H42N4O7S2/c1-20-15-25(43)31-27(46-20)19-26-23(33(31)44)18-29-36(2,48-26)12-14-50-51-38(10-5-4-6-11-38)32-22(9-13-41-34(32)40)24-16-21(17-30(39)42-24)7-8-28-37(3,49-28)35(45)47-29/h9,13,15-17,19,28-29,44H,4-8,10-12,14,18H2,1-3H3,(H2,39,42)(H2,40,41)/t28-,29-,36+,37+/m1/s1. The van der Waals surface area contributed by atoms with Crippen LogP contribution in [0.1, 0.15) is 81.2 Å². The molecule has 3 aromatic heterocycles. The van der Waals surface area contributed by atoms with E-state index in [1.54, 1.807) is 36.9 Å². The maximum absolute atomic E-state index is 13.9. The molecule has 268 valence electrons. The first-order chi connectivity index (χ1) is 24.4. The van der Waals surface area contributed by atoms with Crippen molar-refractivity contribution in [2.24, 2.45) is 0 Å². The molecule has 0 amide bonds. The van der Waals surface area contributed by atoms with Crippen molar-refractivity contribution < 1.29 is 28.5 Å². The molecule has 1 saturated carbocycles. The van der Waals surface area contributed by atoms with Crippen LogP contribution in [-0.4, -0.2) is 50.2 Å². The zero-order valence-corrected chi connectivity index (χ0v) is 30.6. The number of epoxide rings is 1. The van der Waals surface area contributed by atoms with Crippen LogP contribution >= 0.6 is 21.6 Å². The molecule has 4 aliphatic rings. The van der Waals surface area contributed by atoms with E-state index in [1.807, 2.05) is 29.9 Å². The highest BCUT2D eigenvalue weighted by molar-refractivity contribution is 8.77. The Morgan fingerprint density at radius 1 is 1.02 bits per heavy atom. The highest BCUT2D eigenvalue weighted by Gasteiger charge is 2.61. The van der Waals surface area contributed by atoms with E-state index >= 15 is 0 Å². The van der Waals surface area contributed by atoms with Gasteiger partial charge in [0.1, 0.15) is 51.6 Å². The fourth-order valence-corrected chi connectivity index (χ4v) is 11.6. The summed E-state index contributed by atoms with van der Waals surface area (Å²) in [5, 5.41) is 11.5. The molecule has 1 aliphatic carbocycles. The van der Waals surface area contributed by atoms with Gasteiger partial charge in [-0.1, -0.05) is 40.9 Å². The molecule has 8 rings (SSSR count). The van der Waals surface area contributed by atoms with Crippen LogP contribution in [0.5, 0.6) is 11.5 Å². The summed E-state index contributed by atoms with van der Waals surface area (Å²) < 4.78 is 24.6. The Balaban J connectivity index is 1.19. The van der Waals surface area contributed by atoms with Gasteiger partial charge >= 0.3 is 5.97 Å². The topological polar surface area (TPSA) is 176 Å². The predicted molar refractivity (Wildman–Crippen MR) is 199 cm³/mol. The number of hydrogen-bond donors (Lipinski definition) is 3. The third-order valence-corrected chi connectivity index (χ3v) is 14.3. The van der Waals surface area contributed by atoms with Crippen LogP contribution in [0.2, 0.25) is 0 Å². The third kappa shape index (κ3) is 6.00. The van der Waals surface area contributed by atoms with Gasteiger partial charge in [-0.25, -0.2) is 14.8 Å². The van der Waals surface area contributed by atoms with E-state index in [4.69, 9.17) is 35.1 Å². The minimum atomic E-state index is -1.14. The predicted octanol–water partition coefficient (Wildman–Crippen LogP) is 6.77. The molecular formula is C38H42N4O7S2. The van der Waals surface area contributed by atoms with Crippen molar-refractivity contribution >= 4 is 50.2 Å². The number of nitrogens with zero attached hydrogens (tertiary/aromatic N) is 2. The fourth-order valence-electron chi connectivity index (χ4n) is 8.11. The molecule has 0 radical (unpaired) electrons. The largest absolute Gasteiger partial charge is 0.507 e. The van der Waals surface area contributed by atoms with E-state index < -0.39 is 23.3 Å².